The molecule has 2 amide bonds. The fourth-order valence-electron chi connectivity index (χ4n) is 2.66. The number of thiophene rings is 1. The molecule has 3 rings (SSSR count). The van der Waals surface area contributed by atoms with Crippen LogP contribution in [0, 0.1) is 0 Å². The average Bonchev–Trinajstić information content (AvgIpc) is 3.19. The van der Waals surface area contributed by atoms with Crippen LogP contribution in [0.5, 0.6) is 5.88 Å². The van der Waals surface area contributed by atoms with Gasteiger partial charge in [-0.1, -0.05) is 6.07 Å². The van der Waals surface area contributed by atoms with Gasteiger partial charge in [-0.15, -0.1) is 11.3 Å². The molecule has 1 saturated heterocycles. The average molecular weight is 357 g/mol. The number of carbonyl (C=O) groups excluding carboxylic acids is 2. The van der Waals surface area contributed by atoms with Crippen molar-refractivity contribution in [1.29, 1.82) is 0 Å². The molecule has 7 heteroatoms. The number of aromatic nitrogens is 1. The predicted octanol–water partition coefficient (Wildman–Crippen LogP) is 2.15. The number of amides is 2. The first-order chi connectivity index (χ1) is 12.2. The van der Waals surface area contributed by atoms with Gasteiger partial charge in [-0.3, -0.25) is 9.59 Å². The van der Waals surface area contributed by atoms with Crippen LogP contribution < -0.4 is 4.74 Å². The van der Waals surface area contributed by atoms with E-state index in [0.717, 1.165) is 4.88 Å². The van der Waals surface area contributed by atoms with E-state index in [1.807, 2.05) is 23.6 Å². The summed E-state index contributed by atoms with van der Waals surface area (Å²) in [7, 11) is 1.50. The number of ether oxygens (including phenoxy) is 1. The maximum atomic E-state index is 12.6. The van der Waals surface area contributed by atoms with Gasteiger partial charge >= 0.3 is 0 Å². The summed E-state index contributed by atoms with van der Waals surface area (Å²) in [5.74, 6) is 0.176. The number of methoxy groups -OCH3 is 1. The molecule has 2 aromatic rings. The van der Waals surface area contributed by atoms with Crippen LogP contribution in [0.1, 0.15) is 15.2 Å². The Hall–Kier alpha value is -2.67. The molecule has 3 heterocycles. The molecule has 1 aliphatic heterocycles. The standard InChI is InChI=1S/C18H19N3O3S/c1-24-17-15(5-2-8-19-17)18(23)21-11-9-20(10-12-21)16(22)7-6-14-4-3-13-25-14/h2-8,13H,9-12H2,1H3/b7-6+. The van der Waals surface area contributed by atoms with E-state index in [1.54, 1.807) is 45.5 Å². The summed E-state index contributed by atoms with van der Waals surface area (Å²) in [6, 6.07) is 7.33. The summed E-state index contributed by atoms with van der Waals surface area (Å²) < 4.78 is 5.15. The second-order valence-corrected chi connectivity index (χ2v) is 6.51. The highest BCUT2D eigenvalue weighted by Gasteiger charge is 2.25. The first-order valence-corrected chi connectivity index (χ1v) is 8.86. The van der Waals surface area contributed by atoms with Crippen LogP contribution in [0.3, 0.4) is 0 Å². The molecule has 1 fully saturated rings. The van der Waals surface area contributed by atoms with Crippen LogP contribution in [0.4, 0.5) is 0 Å². The monoisotopic (exact) mass is 357 g/mol. The zero-order valence-corrected chi connectivity index (χ0v) is 14.7. The molecule has 0 radical (unpaired) electrons. The van der Waals surface area contributed by atoms with Crippen LogP contribution in [0.25, 0.3) is 6.08 Å². The van der Waals surface area contributed by atoms with Gasteiger partial charge in [0, 0.05) is 43.3 Å². The second kappa shape index (κ2) is 7.94. The molecule has 0 aromatic carbocycles. The first kappa shape index (κ1) is 17.2. The summed E-state index contributed by atoms with van der Waals surface area (Å²) in [5, 5.41) is 1.97. The van der Waals surface area contributed by atoms with Crippen molar-refractivity contribution in [3.63, 3.8) is 0 Å². The van der Waals surface area contributed by atoms with Gasteiger partial charge in [0.2, 0.25) is 11.8 Å². The molecule has 25 heavy (non-hydrogen) atoms. The SMILES string of the molecule is COc1ncccc1C(=O)N1CCN(C(=O)/C=C/c2cccs2)CC1. The number of carbonyl (C=O) groups is 2. The molecule has 0 N–H and O–H groups in total. The topological polar surface area (TPSA) is 62.7 Å². The molecule has 1 aliphatic rings. The number of rotatable bonds is 4. The van der Waals surface area contributed by atoms with Gasteiger partial charge in [0.05, 0.1) is 7.11 Å². The second-order valence-electron chi connectivity index (χ2n) is 5.53. The lowest BCUT2D eigenvalue weighted by atomic mass is 10.2. The zero-order valence-electron chi connectivity index (χ0n) is 13.9. The third kappa shape index (κ3) is 4.06. The van der Waals surface area contributed by atoms with Crippen molar-refractivity contribution < 1.29 is 14.3 Å². The van der Waals surface area contributed by atoms with Gasteiger partial charge in [-0.05, 0) is 29.7 Å². The summed E-state index contributed by atoms with van der Waals surface area (Å²) in [6.07, 6.45) is 5.00. The molecule has 0 aliphatic carbocycles. The van der Waals surface area contributed by atoms with E-state index in [9.17, 15) is 9.59 Å². The number of nitrogens with zero attached hydrogens (tertiary/aromatic N) is 3. The Bertz CT molecular complexity index is 766. The molecule has 0 spiro atoms. The van der Waals surface area contributed by atoms with Crippen LogP contribution in [0.15, 0.2) is 41.9 Å². The molecule has 0 bridgehead atoms. The summed E-state index contributed by atoms with van der Waals surface area (Å²) in [4.78, 5) is 33.5. The first-order valence-electron chi connectivity index (χ1n) is 7.98. The number of pyridine rings is 1. The summed E-state index contributed by atoms with van der Waals surface area (Å²) >= 11 is 1.59. The molecular weight excluding hydrogens is 338 g/mol. The van der Waals surface area contributed by atoms with Crippen LogP contribution in [-0.2, 0) is 4.79 Å². The Balaban J connectivity index is 1.58. The Labute approximate surface area is 150 Å². The van der Waals surface area contributed by atoms with Gasteiger partial charge in [0.1, 0.15) is 5.56 Å². The molecular formula is C18H19N3O3S. The number of piperazine rings is 1. The Morgan fingerprint density at radius 1 is 1.16 bits per heavy atom. The quantitative estimate of drug-likeness (QED) is 0.787. The highest BCUT2D eigenvalue weighted by Crippen LogP contribution is 2.17. The van der Waals surface area contributed by atoms with E-state index in [4.69, 9.17) is 4.74 Å². The van der Waals surface area contributed by atoms with Gasteiger partial charge in [-0.2, -0.15) is 0 Å². The van der Waals surface area contributed by atoms with Crippen molar-refractivity contribution in [3.8, 4) is 5.88 Å². The van der Waals surface area contributed by atoms with Crippen LogP contribution in [0.2, 0.25) is 0 Å². The maximum Gasteiger partial charge on any atom is 0.259 e. The molecule has 0 unspecified atom stereocenters. The van der Waals surface area contributed by atoms with E-state index in [-0.39, 0.29) is 11.8 Å². The van der Waals surface area contributed by atoms with Crippen molar-refractivity contribution in [2.24, 2.45) is 0 Å². The van der Waals surface area contributed by atoms with Gasteiger partial charge < -0.3 is 14.5 Å². The predicted molar refractivity (Wildman–Crippen MR) is 96.6 cm³/mol. The zero-order chi connectivity index (χ0) is 17.6. The van der Waals surface area contributed by atoms with Crippen molar-refractivity contribution >= 4 is 29.2 Å². The van der Waals surface area contributed by atoms with E-state index in [2.05, 4.69) is 4.98 Å². The largest absolute Gasteiger partial charge is 0.480 e. The lowest BCUT2D eigenvalue weighted by molar-refractivity contribution is -0.127. The Kier molecular flexibility index (Phi) is 5.45. The maximum absolute atomic E-state index is 12.6. The highest BCUT2D eigenvalue weighted by atomic mass is 32.1. The number of hydrogen-bond acceptors (Lipinski definition) is 5. The highest BCUT2D eigenvalue weighted by molar-refractivity contribution is 7.10. The smallest absolute Gasteiger partial charge is 0.259 e. The van der Waals surface area contributed by atoms with Crippen LogP contribution >= 0.6 is 11.3 Å². The summed E-state index contributed by atoms with van der Waals surface area (Å²) in [6.45, 7) is 2.02. The Morgan fingerprint density at radius 3 is 2.60 bits per heavy atom. The molecule has 0 atom stereocenters. The normalized spacial score (nSPS) is 14.8. The van der Waals surface area contributed by atoms with E-state index in [0.29, 0.717) is 37.6 Å². The fraction of sp³-hybridized carbons (Fsp3) is 0.278. The lowest BCUT2D eigenvalue weighted by Crippen LogP contribution is -2.50. The minimum atomic E-state index is -0.119. The van der Waals surface area contributed by atoms with Gasteiger partial charge in [0.25, 0.3) is 5.91 Å². The minimum absolute atomic E-state index is 0.0283. The summed E-state index contributed by atoms with van der Waals surface area (Å²) in [5.41, 5.74) is 0.447. The van der Waals surface area contributed by atoms with Crippen molar-refractivity contribution in [2.45, 2.75) is 0 Å². The van der Waals surface area contributed by atoms with Gasteiger partial charge in [-0.25, -0.2) is 4.98 Å². The molecule has 0 saturated carbocycles. The number of hydrogen-bond donors (Lipinski definition) is 0. The fourth-order valence-corrected chi connectivity index (χ4v) is 3.28. The Morgan fingerprint density at radius 2 is 1.92 bits per heavy atom. The molecule has 130 valence electrons. The lowest BCUT2D eigenvalue weighted by Gasteiger charge is -2.34. The van der Waals surface area contributed by atoms with Crippen LogP contribution in [-0.4, -0.2) is 59.9 Å². The van der Waals surface area contributed by atoms with Crippen molar-refractivity contribution in [1.82, 2.24) is 14.8 Å². The van der Waals surface area contributed by atoms with Crippen molar-refractivity contribution in [3.05, 3.63) is 52.4 Å². The molecule has 2 aromatic heterocycles. The van der Waals surface area contributed by atoms with E-state index in [1.165, 1.54) is 7.11 Å². The van der Waals surface area contributed by atoms with E-state index < -0.39 is 0 Å². The van der Waals surface area contributed by atoms with E-state index >= 15 is 0 Å². The minimum Gasteiger partial charge on any atom is -0.480 e. The van der Waals surface area contributed by atoms with Crippen molar-refractivity contribution in [2.75, 3.05) is 33.3 Å². The third-order valence-corrected chi connectivity index (χ3v) is 4.84. The van der Waals surface area contributed by atoms with Gasteiger partial charge in [0.15, 0.2) is 0 Å². The molecule has 6 nitrogen and oxygen atoms in total. The third-order valence-electron chi connectivity index (χ3n) is 4.01.